The van der Waals surface area contributed by atoms with E-state index in [0.29, 0.717) is 37.9 Å². The van der Waals surface area contributed by atoms with Gasteiger partial charge in [0.05, 0.1) is 12.6 Å². The lowest BCUT2D eigenvalue weighted by atomic mass is 9.99. The Morgan fingerprint density at radius 1 is 0.978 bits per heavy atom. The van der Waals surface area contributed by atoms with Crippen molar-refractivity contribution in [3.8, 4) is 0 Å². The van der Waals surface area contributed by atoms with Gasteiger partial charge >= 0.3 is 5.97 Å². The van der Waals surface area contributed by atoms with Gasteiger partial charge in [-0.1, -0.05) is 68.5 Å². The maximum Gasteiger partial charge on any atom is 0.329 e. The number of nitrogens with one attached hydrogen (secondary N) is 1. The summed E-state index contributed by atoms with van der Waals surface area (Å²) in [6, 6.07) is 19.2. The molecule has 2 saturated heterocycles. The Bertz CT molecular complexity index is 1310. The first-order chi connectivity index (χ1) is 21.7. The molecular weight excluding hydrogens is 570 g/mol. The van der Waals surface area contributed by atoms with Crippen molar-refractivity contribution < 1.29 is 23.9 Å². The highest BCUT2D eigenvalue weighted by molar-refractivity contribution is 5.96. The molecular formula is C35H47N5O5. The Kier molecular flexibility index (Phi) is 12.2. The summed E-state index contributed by atoms with van der Waals surface area (Å²) >= 11 is 0. The summed E-state index contributed by atoms with van der Waals surface area (Å²) in [5.41, 5.74) is 2.61. The Morgan fingerprint density at radius 3 is 2.24 bits per heavy atom. The van der Waals surface area contributed by atoms with Crippen LogP contribution in [0.25, 0.3) is 0 Å². The molecule has 2 aromatic carbocycles. The van der Waals surface area contributed by atoms with Gasteiger partial charge in [0, 0.05) is 57.6 Å². The first-order valence-electron chi connectivity index (χ1n) is 15.9. The second-order valence-electron chi connectivity index (χ2n) is 12.2. The van der Waals surface area contributed by atoms with E-state index >= 15 is 0 Å². The Hall–Kier alpha value is -4.18. The molecule has 0 bridgehead atoms. The summed E-state index contributed by atoms with van der Waals surface area (Å²) in [6.07, 6.45) is 3.06. The normalized spacial score (nSPS) is 18.8. The van der Waals surface area contributed by atoms with E-state index in [0.717, 1.165) is 31.7 Å². The fourth-order valence-electron chi connectivity index (χ4n) is 6.14. The average Bonchev–Trinajstić information content (AvgIpc) is 3.56. The van der Waals surface area contributed by atoms with E-state index in [2.05, 4.69) is 39.4 Å². The highest BCUT2D eigenvalue weighted by atomic mass is 16.5. The highest BCUT2D eigenvalue weighted by Crippen LogP contribution is 2.27. The van der Waals surface area contributed by atoms with Gasteiger partial charge in [-0.3, -0.25) is 19.3 Å². The molecule has 1 N–H and O–H groups in total. The fourth-order valence-corrected chi connectivity index (χ4v) is 6.14. The maximum atomic E-state index is 13.7. The number of carbonyl (C=O) groups excluding carboxylic acids is 4. The van der Waals surface area contributed by atoms with Crippen LogP contribution in [0.3, 0.4) is 0 Å². The molecule has 10 nitrogen and oxygen atoms in total. The van der Waals surface area contributed by atoms with E-state index in [1.54, 1.807) is 24.9 Å². The third-order valence-corrected chi connectivity index (χ3v) is 8.75. The molecule has 0 aliphatic carbocycles. The summed E-state index contributed by atoms with van der Waals surface area (Å²) in [5, 5.41) is 2.40. The topological polar surface area (TPSA) is 102 Å². The standard InChI is InChI=1S/C35H47N5O5/c1-26(2)31(37(4)33(42)23-36-25-41)22-27(3)34(43)40-17-11-16-30(40)35(44)45-32(28-12-7-5-8-13-28)24-38-18-20-39(21-19-38)29-14-9-6-10-15-29/h5-10,12-15,22,25-26,30-32H,11,16-21,23-24H2,1-4H3,(H,36,41)/b27-22+/t30-,31+,32?/m0/s1. The number of likely N-dealkylation sites (N-methyl/N-ethyl adjacent to an activating group) is 1. The minimum atomic E-state index is -0.671. The molecule has 0 spiro atoms. The summed E-state index contributed by atoms with van der Waals surface area (Å²) < 4.78 is 6.23. The number of likely N-dealkylation sites (tertiary alicyclic amines) is 1. The number of ether oxygens (including phenoxy) is 1. The molecule has 2 aliphatic rings. The van der Waals surface area contributed by atoms with Crippen molar-refractivity contribution >= 4 is 29.9 Å². The van der Waals surface area contributed by atoms with Gasteiger partial charge in [-0.05, 0) is 43.4 Å². The first kappa shape index (κ1) is 33.7. The van der Waals surface area contributed by atoms with Gasteiger partial charge in [0.15, 0.2) is 0 Å². The zero-order chi connectivity index (χ0) is 32.3. The van der Waals surface area contributed by atoms with Crippen molar-refractivity contribution in [3.63, 3.8) is 0 Å². The predicted molar refractivity (Wildman–Crippen MR) is 174 cm³/mol. The number of anilines is 1. The number of hydrogen-bond donors (Lipinski definition) is 1. The molecule has 3 atom stereocenters. The summed E-state index contributed by atoms with van der Waals surface area (Å²) in [5.74, 6) is -0.856. The molecule has 2 heterocycles. The van der Waals surface area contributed by atoms with E-state index in [1.165, 1.54) is 10.6 Å². The maximum absolute atomic E-state index is 13.7. The zero-order valence-corrected chi connectivity index (χ0v) is 26.9. The molecule has 242 valence electrons. The second kappa shape index (κ2) is 16.2. The number of esters is 1. The van der Waals surface area contributed by atoms with Crippen molar-refractivity contribution in [2.24, 2.45) is 5.92 Å². The van der Waals surface area contributed by atoms with E-state index < -0.39 is 18.1 Å². The van der Waals surface area contributed by atoms with E-state index in [-0.39, 0.29) is 30.3 Å². The molecule has 0 radical (unpaired) electrons. The molecule has 2 aliphatic heterocycles. The molecule has 2 aromatic rings. The SMILES string of the molecule is C/C(=C\[C@H](C(C)C)N(C)C(=O)CNC=O)C(=O)N1CCC[C@H]1C(=O)OC(CN1CCN(c2ccccc2)CC1)c1ccccc1. The molecule has 3 amide bonds. The molecule has 0 saturated carbocycles. The van der Waals surface area contributed by atoms with Crippen LogP contribution in [0.15, 0.2) is 72.3 Å². The van der Waals surface area contributed by atoms with E-state index in [9.17, 15) is 19.2 Å². The first-order valence-corrected chi connectivity index (χ1v) is 15.9. The molecule has 10 heteroatoms. The van der Waals surface area contributed by atoms with Gasteiger partial charge in [0.2, 0.25) is 18.2 Å². The van der Waals surface area contributed by atoms with Crippen LogP contribution < -0.4 is 10.2 Å². The minimum Gasteiger partial charge on any atom is -0.455 e. The van der Waals surface area contributed by atoms with Crippen LogP contribution in [-0.2, 0) is 23.9 Å². The number of nitrogens with zero attached hydrogens (tertiary/aromatic N) is 4. The Labute approximate surface area is 267 Å². The quantitative estimate of drug-likeness (QED) is 0.209. The zero-order valence-electron chi connectivity index (χ0n) is 26.9. The lowest BCUT2D eigenvalue weighted by Gasteiger charge is -2.37. The summed E-state index contributed by atoms with van der Waals surface area (Å²) in [7, 11) is 1.66. The third-order valence-electron chi connectivity index (χ3n) is 8.75. The number of piperazine rings is 1. The second-order valence-corrected chi connectivity index (χ2v) is 12.2. The number of amides is 3. The van der Waals surface area contributed by atoms with E-state index in [4.69, 9.17) is 4.74 Å². The smallest absolute Gasteiger partial charge is 0.329 e. The van der Waals surface area contributed by atoms with Gasteiger partial charge in [0.1, 0.15) is 12.1 Å². The summed E-state index contributed by atoms with van der Waals surface area (Å²) in [4.78, 5) is 58.5. The predicted octanol–water partition coefficient (Wildman–Crippen LogP) is 3.26. The number of carbonyl (C=O) groups is 4. The lowest BCUT2D eigenvalue weighted by Crippen LogP contribution is -2.48. The van der Waals surface area contributed by atoms with Gasteiger partial charge < -0.3 is 24.8 Å². The largest absolute Gasteiger partial charge is 0.455 e. The van der Waals surface area contributed by atoms with E-state index in [1.807, 2.05) is 50.2 Å². The number of rotatable bonds is 13. The fraction of sp³-hybridized carbons (Fsp3) is 0.486. The van der Waals surface area contributed by atoms with Crippen LogP contribution in [0.4, 0.5) is 5.69 Å². The summed E-state index contributed by atoms with van der Waals surface area (Å²) in [6.45, 7) is 10.1. The van der Waals surface area contributed by atoms with Crippen molar-refractivity contribution in [2.45, 2.75) is 51.8 Å². The highest BCUT2D eigenvalue weighted by Gasteiger charge is 2.38. The molecule has 45 heavy (non-hydrogen) atoms. The average molecular weight is 618 g/mol. The van der Waals surface area contributed by atoms with Crippen molar-refractivity contribution in [1.82, 2.24) is 20.0 Å². The Balaban J connectivity index is 1.43. The van der Waals surface area contributed by atoms with Crippen LogP contribution in [-0.4, -0.2) is 104 Å². The van der Waals surface area contributed by atoms with Crippen LogP contribution in [0, 0.1) is 5.92 Å². The number of para-hydroxylation sites is 1. The van der Waals surface area contributed by atoms with Gasteiger partial charge in [0.25, 0.3) is 0 Å². The number of hydrogen-bond acceptors (Lipinski definition) is 7. The third kappa shape index (κ3) is 8.94. The Morgan fingerprint density at radius 2 is 1.62 bits per heavy atom. The van der Waals surface area contributed by atoms with Crippen molar-refractivity contribution in [1.29, 1.82) is 0 Å². The van der Waals surface area contributed by atoms with Crippen molar-refractivity contribution in [3.05, 3.63) is 77.9 Å². The molecule has 4 rings (SSSR count). The number of benzene rings is 2. The van der Waals surface area contributed by atoms with Crippen LogP contribution >= 0.6 is 0 Å². The van der Waals surface area contributed by atoms with Crippen LogP contribution in [0.1, 0.15) is 45.3 Å². The van der Waals surface area contributed by atoms with Crippen molar-refractivity contribution in [2.75, 3.05) is 57.8 Å². The van der Waals surface area contributed by atoms with Gasteiger partial charge in [-0.15, -0.1) is 0 Å². The van der Waals surface area contributed by atoms with Gasteiger partial charge in [-0.2, -0.15) is 0 Å². The molecule has 2 fully saturated rings. The molecule has 1 unspecified atom stereocenters. The van der Waals surface area contributed by atoms with Gasteiger partial charge in [-0.25, -0.2) is 4.79 Å². The lowest BCUT2D eigenvalue weighted by molar-refractivity contribution is -0.158. The van der Waals surface area contributed by atoms with Crippen LogP contribution in [0.2, 0.25) is 0 Å². The van der Waals surface area contributed by atoms with Crippen LogP contribution in [0.5, 0.6) is 0 Å². The minimum absolute atomic E-state index is 0.0264. The monoisotopic (exact) mass is 617 g/mol. The molecule has 0 aromatic heterocycles.